The molecule has 226 valence electrons. The Kier molecular flexibility index (Phi) is 12.2. The number of hydrogen-bond donors (Lipinski definition) is 1. The summed E-state index contributed by atoms with van der Waals surface area (Å²) in [6.07, 6.45) is 1.74. The predicted octanol–water partition coefficient (Wildman–Crippen LogP) is 5.30. The second kappa shape index (κ2) is 15.3. The summed E-state index contributed by atoms with van der Waals surface area (Å²) >= 11 is 12.6. The summed E-state index contributed by atoms with van der Waals surface area (Å²) in [5, 5.41) is 3.57. The topological polar surface area (TPSA) is 90.0 Å². The van der Waals surface area contributed by atoms with Crippen molar-refractivity contribution < 1.29 is 22.4 Å². The Labute approximate surface area is 257 Å². The van der Waals surface area contributed by atoms with Gasteiger partial charge in [0.15, 0.2) is 0 Å². The van der Waals surface area contributed by atoms with Gasteiger partial charge in [0, 0.05) is 43.7 Å². The molecular weight excluding hydrogens is 602 g/mol. The van der Waals surface area contributed by atoms with Gasteiger partial charge in [-0.1, -0.05) is 85.1 Å². The molecule has 0 fully saturated rings. The molecule has 1 N–H and O–H groups in total. The van der Waals surface area contributed by atoms with Gasteiger partial charge in [0.2, 0.25) is 11.8 Å². The molecule has 42 heavy (non-hydrogen) atoms. The molecule has 0 spiro atoms. The summed E-state index contributed by atoms with van der Waals surface area (Å²) in [5.74, 6) is -1.94. The quantitative estimate of drug-likeness (QED) is 0.243. The van der Waals surface area contributed by atoms with Gasteiger partial charge in [-0.3, -0.25) is 9.59 Å². The van der Waals surface area contributed by atoms with E-state index in [4.69, 9.17) is 23.2 Å². The Hall–Kier alpha value is -3.18. The van der Waals surface area contributed by atoms with Crippen molar-refractivity contribution in [3.63, 3.8) is 0 Å². The fourth-order valence-electron chi connectivity index (χ4n) is 4.25. The summed E-state index contributed by atoms with van der Waals surface area (Å²) in [6.45, 7) is 1.51. The zero-order valence-corrected chi connectivity index (χ0v) is 26.1. The molecule has 0 heterocycles. The highest BCUT2D eigenvalue weighted by atomic mass is 35.5. The van der Waals surface area contributed by atoms with Crippen LogP contribution in [0.3, 0.4) is 0 Å². The van der Waals surface area contributed by atoms with Crippen molar-refractivity contribution in [3.8, 4) is 0 Å². The smallest absolute Gasteiger partial charge is 0.304 e. The predicted molar refractivity (Wildman–Crippen MR) is 165 cm³/mol. The number of carbonyl (C=O) groups is 2. The number of hydrogen-bond acceptors (Lipinski definition) is 4. The number of rotatable bonds is 14. The van der Waals surface area contributed by atoms with Crippen molar-refractivity contribution >= 4 is 50.9 Å². The number of amides is 2. The van der Waals surface area contributed by atoms with Gasteiger partial charge in [-0.05, 0) is 41.8 Å². The molecule has 0 unspecified atom stereocenters. The molecule has 3 rings (SSSR count). The number of halogens is 3. The molecule has 0 aromatic heterocycles. The fourth-order valence-corrected chi connectivity index (χ4v) is 5.78. The standard InChI is InChI=1S/C30H35Cl2FN4O4S/c1-4-5-17-34-30(39)28(18-22-11-7-6-8-12-22)36(20-23-15-16-24(31)19-25(23)32)29(38)21-37(42(40,41)35(2)3)27-14-10-9-13-26(27)33/h6-16,19,28H,4-5,17-18,20-21H2,1-3H3,(H,34,39)/t28-/m1/s1. The molecular formula is C30H35Cl2FN4O4S. The Morgan fingerprint density at radius 2 is 1.64 bits per heavy atom. The van der Waals surface area contributed by atoms with Crippen LogP contribution in [0.5, 0.6) is 0 Å². The van der Waals surface area contributed by atoms with E-state index in [-0.39, 0.29) is 23.7 Å². The van der Waals surface area contributed by atoms with Crippen molar-refractivity contribution in [2.24, 2.45) is 0 Å². The summed E-state index contributed by atoms with van der Waals surface area (Å²) in [6, 6.07) is 18.2. The van der Waals surface area contributed by atoms with Crippen molar-refractivity contribution in [1.82, 2.24) is 14.5 Å². The second-order valence-corrected chi connectivity index (χ2v) is 12.8. The Bertz CT molecular complexity index is 1480. The number of unbranched alkanes of at least 4 members (excludes halogenated alkanes) is 1. The van der Waals surface area contributed by atoms with Gasteiger partial charge in [0.1, 0.15) is 18.4 Å². The van der Waals surface area contributed by atoms with Gasteiger partial charge >= 0.3 is 10.2 Å². The van der Waals surface area contributed by atoms with Crippen molar-refractivity contribution in [2.75, 3.05) is 31.5 Å². The van der Waals surface area contributed by atoms with Crippen LogP contribution in [-0.4, -0.2) is 62.7 Å². The molecule has 3 aromatic rings. The van der Waals surface area contributed by atoms with Crippen LogP contribution in [0.4, 0.5) is 10.1 Å². The van der Waals surface area contributed by atoms with Crippen LogP contribution in [0, 0.1) is 5.82 Å². The molecule has 2 amide bonds. The second-order valence-electron chi connectivity index (χ2n) is 9.86. The first-order chi connectivity index (χ1) is 19.9. The number of anilines is 1. The lowest BCUT2D eigenvalue weighted by atomic mass is 10.0. The third-order valence-electron chi connectivity index (χ3n) is 6.60. The maximum atomic E-state index is 14.9. The van der Waals surface area contributed by atoms with Crippen LogP contribution in [0.2, 0.25) is 10.0 Å². The molecule has 0 aliphatic carbocycles. The van der Waals surface area contributed by atoms with Crippen molar-refractivity contribution in [2.45, 2.75) is 38.8 Å². The number of benzene rings is 3. The van der Waals surface area contributed by atoms with Crippen LogP contribution in [0.25, 0.3) is 0 Å². The molecule has 8 nitrogen and oxygen atoms in total. The average Bonchev–Trinajstić information content (AvgIpc) is 2.95. The highest BCUT2D eigenvalue weighted by Crippen LogP contribution is 2.26. The SMILES string of the molecule is CCCCNC(=O)[C@@H](Cc1ccccc1)N(Cc1ccc(Cl)cc1Cl)C(=O)CN(c1ccccc1F)S(=O)(=O)N(C)C. The van der Waals surface area contributed by atoms with E-state index in [0.717, 1.165) is 28.8 Å². The lowest BCUT2D eigenvalue weighted by Crippen LogP contribution is -2.54. The highest BCUT2D eigenvalue weighted by Gasteiger charge is 2.35. The third kappa shape index (κ3) is 8.67. The summed E-state index contributed by atoms with van der Waals surface area (Å²) in [7, 11) is -1.74. The third-order valence-corrected chi connectivity index (χ3v) is 8.99. The first kappa shape index (κ1) is 33.3. The summed E-state index contributed by atoms with van der Waals surface area (Å²) in [5.41, 5.74) is 0.998. The van der Waals surface area contributed by atoms with Gasteiger partial charge in [0.25, 0.3) is 0 Å². The molecule has 3 aromatic carbocycles. The number of para-hydroxylation sites is 1. The molecule has 0 aliphatic rings. The summed E-state index contributed by atoms with van der Waals surface area (Å²) < 4.78 is 43.2. The molecule has 0 radical (unpaired) electrons. The van der Waals surface area contributed by atoms with E-state index in [2.05, 4.69) is 5.32 Å². The van der Waals surface area contributed by atoms with Crippen molar-refractivity contribution in [1.29, 1.82) is 0 Å². The zero-order chi connectivity index (χ0) is 30.9. The van der Waals surface area contributed by atoms with E-state index in [1.54, 1.807) is 12.1 Å². The van der Waals surface area contributed by atoms with Gasteiger partial charge in [-0.2, -0.15) is 12.7 Å². The Morgan fingerprint density at radius 3 is 2.26 bits per heavy atom. The monoisotopic (exact) mass is 636 g/mol. The van der Waals surface area contributed by atoms with Crippen LogP contribution >= 0.6 is 23.2 Å². The minimum Gasteiger partial charge on any atom is -0.354 e. The first-order valence-corrected chi connectivity index (χ1v) is 15.6. The van der Waals surface area contributed by atoms with E-state index in [1.165, 1.54) is 43.3 Å². The van der Waals surface area contributed by atoms with E-state index in [9.17, 15) is 22.4 Å². The zero-order valence-electron chi connectivity index (χ0n) is 23.8. The van der Waals surface area contributed by atoms with Gasteiger partial charge < -0.3 is 10.2 Å². The van der Waals surface area contributed by atoms with Crippen LogP contribution in [0.1, 0.15) is 30.9 Å². The number of nitrogens with zero attached hydrogens (tertiary/aromatic N) is 3. The fraction of sp³-hybridized carbons (Fsp3) is 0.333. The molecule has 0 saturated carbocycles. The van der Waals surface area contributed by atoms with Crippen LogP contribution < -0.4 is 9.62 Å². The van der Waals surface area contributed by atoms with E-state index < -0.39 is 40.4 Å². The minimum atomic E-state index is -4.32. The maximum Gasteiger partial charge on any atom is 0.304 e. The minimum absolute atomic E-state index is 0.124. The molecule has 12 heteroatoms. The van der Waals surface area contributed by atoms with Crippen molar-refractivity contribution in [3.05, 3.63) is 99.8 Å². The highest BCUT2D eigenvalue weighted by molar-refractivity contribution is 7.90. The van der Waals surface area contributed by atoms with Gasteiger partial charge in [-0.25, -0.2) is 8.70 Å². The van der Waals surface area contributed by atoms with E-state index in [1.807, 2.05) is 37.3 Å². The van der Waals surface area contributed by atoms with E-state index >= 15 is 0 Å². The maximum absolute atomic E-state index is 14.9. The first-order valence-electron chi connectivity index (χ1n) is 13.5. The molecule has 0 saturated heterocycles. The molecule has 1 atom stereocenters. The normalized spacial score (nSPS) is 12.2. The van der Waals surface area contributed by atoms with Gasteiger partial charge in [0.05, 0.1) is 5.69 Å². The lowest BCUT2D eigenvalue weighted by Gasteiger charge is -2.34. The van der Waals surface area contributed by atoms with Crippen LogP contribution in [0.15, 0.2) is 72.8 Å². The van der Waals surface area contributed by atoms with Gasteiger partial charge in [-0.15, -0.1) is 0 Å². The molecule has 0 aliphatic heterocycles. The van der Waals surface area contributed by atoms with E-state index in [0.29, 0.717) is 21.4 Å². The lowest BCUT2D eigenvalue weighted by molar-refractivity contribution is -0.140. The Morgan fingerprint density at radius 1 is 0.976 bits per heavy atom. The number of nitrogens with one attached hydrogen (secondary N) is 1. The molecule has 0 bridgehead atoms. The Balaban J connectivity index is 2.11. The number of carbonyl (C=O) groups excluding carboxylic acids is 2. The van der Waals surface area contributed by atoms with Crippen LogP contribution in [-0.2, 0) is 32.8 Å². The summed E-state index contributed by atoms with van der Waals surface area (Å²) in [4.78, 5) is 29.1. The average molecular weight is 638 g/mol. The largest absolute Gasteiger partial charge is 0.354 e.